The van der Waals surface area contributed by atoms with Gasteiger partial charge in [-0.05, 0) is 33.6 Å². The van der Waals surface area contributed by atoms with Crippen molar-refractivity contribution in [1.82, 2.24) is 5.48 Å². The highest BCUT2D eigenvalue weighted by Gasteiger charge is 2.40. The van der Waals surface area contributed by atoms with Crippen molar-refractivity contribution in [1.29, 1.82) is 0 Å². The smallest absolute Gasteiger partial charge is 0.310 e. The lowest BCUT2D eigenvalue weighted by atomic mass is 9.77. The maximum Gasteiger partial charge on any atom is 0.310 e. The quantitative estimate of drug-likeness (QED) is 0.609. The van der Waals surface area contributed by atoms with E-state index in [0.29, 0.717) is 12.8 Å². The first-order valence-electron chi connectivity index (χ1n) is 6.95. The van der Waals surface area contributed by atoms with Crippen molar-refractivity contribution in [3.63, 3.8) is 0 Å². The molecule has 2 N–H and O–H groups in total. The van der Waals surface area contributed by atoms with E-state index < -0.39 is 17.0 Å². The first kappa shape index (κ1) is 16.0. The van der Waals surface area contributed by atoms with E-state index in [1.165, 1.54) is 0 Å². The second kappa shape index (κ2) is 6.37. The number of aliphatic carboxylic acids is 1. The van der Waals surface area contributed by atoms with Crippen molar-refractivity contribution < 1.29 is 19.5 Å². The van der Waals surface area contributed by atoms with Crippen molar-refractivity contribution in [2.75, 3.05) is 0 Å². The minimum absolute atomic E-state index is 0.00157. The Labute approximate surface area is 114 Å². The summed E-state index contributed by atoms with van der Waals surface area (Å²) < 4.78 is 0. The lowest BCUT2D eigenvalue weighted by Gasteiger charge is -2.28. The zero-order valence-electron chi connectivity index (χ0n) is 12.1. The number of nitrogens with one attached hydrogen (secondary N) is 1. The molecule has 1 rings (SSSR count). The Balaban J connectivity index is 2.62. The molecule has 1 fully saturated rings. The van der Waals surface area contributed by atoms with Gasteiger partial charge in [0.25, 0.3) is 0 Å². The van der Waals surface area contributed by atoms with Gasteiger partial charge in [0.15, 0.2) is 0 Å². The highest BCUT2D eigenvalue weighted by Crippen LogP contribution is 2.38. The van der Waals surface area contributed by atoms with Crippen LogP contribution in [0.1, 0.15) is 65.7 Å². The van der Waals surface area contributed by atoms with Crippen molar-refractivity contribution in [3.8, 4) is 0 Å². The van der Waals surface area contributed by atoms with E-state index in [4.69, 9.17) is 4.84 Å². The number of carboxylic acid groups (broad SMARTS) is 1. The molecule has 1 aliphatic carbocycles. The van der Waals surface area contributed by atoms with E-state index in [1.54, 1.807) is 0 Å². The summed E-state index contributed by atoms with van der Waals surface area (Å²) >= 11 is 0. The van der Waals surface area contributed by atoms with Crippen LogP contribution in [0.3, 0.4) is 0 Å². The predicted molar refractivity (Wildman–Crippen MR) is 71.4 cm³/mol. The molecule has 5 nitrogen and oxygen atoms in total. The molecule has 1 saturated carbocycles. The second-order valence-corrected chi connectivity index (χ2v) is 6.42. The van der Waals surface area contributed by atoms with Gasteiger partial charge in [-0.2, -0.15) is 0 Å². The molecule has 19 heavy (non-hydrogen) atoms. The molecule has 1 amide bonds. The minimum atomic E-state index is -0.915. The third-order valence-corrected chi connectivity index (χ3v) is 3.48. The number of hydroxylamine groups is 1. The number of rotatable bonds is 4. The molecule has 0 aromatic rings. The topological polar surface area (TPSA) is 75.6 Å². The molecular formula is C14H25NO4. The van der Waals surface area contributed by atoms with Crippen LogP contribution in [0, 0.1) is 5.41 Å². The van der Waals surface area contributed by atoms with Crippen molar-refractivity contribution in [3.05, 3.63) is 0 Å². The standard InChI is InChI=1S/C14H25NO4/c1-13(2,3)19-15-11(16)10-14(12(17)18)8-6-4-5-7-9-14/h4-10H2,1-3H3,(H,15,16)(H,17,18). The van der Waals surface area contributed by atoms with Gasteiger partial charge in [-0.25, -0.2) is 5.48 Å². The Bertz CT molecular complexity index is 325. The third-order valence-electron chi connectivity index (χ3n) is 3.48. The Morgan fingerprint density at radius 1 is 1.16 bits per heavy atom. The monoisotopic (exact) mass is 271 g/mol. The van der Waals surface area contributed by atoms with Crippen LogP contribution >= 0.6 is 0 Å². The molecule has 110 valence electrons. The van der Waals surface area contributed by atoms with Gasteiger partial charge in [-0.3, -0.25) is 14.4 Å². The van der Waals surface area contributed by atoms with Crippen LogP contribution in [0.2, 0.25) is 0 Å². The van der Waals surface area contributed by atoms with Crippen LogP contribution in [0.15, 0.2) is 0 Å². The fourth-order valence-corrected chi connectivity index (χ4v) is 2.43. The Morgan fingerprint density at radius 2 is 1.68 bits per heavy atom. The molecule has 5 heteroatoms. The van der Waals surface area contributed by atoms with E-state index in [-0.39, 0.29) is 12.3 Å². The normalized spacial score (nSPS) is 19.5. The Morgan fingerprint density at radius 3 is 2.11 bits per heavy atom. The fraction of sp³-hybridized carbons (Fsp3) is 0.857. The molecular weight excluding hydrogens is 246 g/mol. The number of carbonyl (C=O) groups is 2. The summed E-state index contributed by atoms with van der Waals surface area (Å²) in [6.45, 7) is 5.48. The van der Waals surface area contributed by atoms with E-state index >= 15 is 0 Å². The van der Waals surface area contributed by atoms with Crippen LogP contribution in [0.4, 0.5) is 0 Å². The molecule has 0 aromatic heterocycles. The van der Waals surface area contributed by atoms with E-state index in [0.717, 1.165) is 25.7 Å². The molecule has 0 unspecified atom stereocenters. The molecule has 0 spiro atoms. The Hall–Kier alpha value is -1.10. The molecule has 0 bridgehead atoms. The largest absolute Gasteiger partial charge is 0.481 e. The molecule has 0 saturated heterocycles. The van der Waals surface area contributed by atoms with Gasteiger partial charge >= 0.3 is 5.97 Å². The Kier molecular flexibility index (Phi) is 5.35. The van der Waals surface area contributed by atoms with Gasteiger partial charge < -0.3 is 5.11 Å². The van der Waals surface area contributed by atoms with Gasteiger partial charge in [0, 0.05) is 6.42 Å². The summed E-state index contributed by atoms with van der Waals surface area (Å²) in [6, 6.07) is 0. The lowest BCUT2D eigenvalue weighted by Crippen LogP contribution is -2.40. The number of amides is 1. The van der Waals surface area contributed by atoms with E-state index in [9.17, 15) is 14.7 Å². The van der Waals surface area contributed by atoms with Gasteiger partial charge in [-0.15, -0.1) is 0 Å². The SMILES string of the molecule is CC(C)(C)ONC(=O)CC1(C(=O)O)CCCCCC1. The van der Waals surface area contributed by atoms with Crippen LogP contribution in [-0.4, -0.2) is 22.6 Å². The third kappa shape index (κ3) is 5.19. The summed E-state index contributed by atoms with van der Waals surface area (Å²) in [5.74, 6) is -1.21. The summed E-state index contributed by atoms with van der Waals surface area (Å²) in [6.07, 6.45) is 5.00. The molecule has 0 heterocycles. The maximum absolute atomic E-state index is 11.9. The summed E-state index contributed by atoms with van der Waals surface area (Å²) in [7, 11) is 0. The van der Waals surface area contributed by atoms with E-state index in [1.807, 2.05) is 20.8 Å². The number of hydrogen-bond acceptors (Lipinski definition) is 3. The highest BCUT2D eigenvalue weighted by molar-refractivity contribution is 5.84. The predicted octanol–water partition coefficient (Wildman–Crippen LogP) is 2.65. The van der Waals surface area contributed by atoms with E-state index in [2.05, 4.69) is 5.48 Å². The van der Waals surface area contributed by atoms with Crippen LogP contribution in [-0.2, 0) is 14.4 Å². The fourth-order valence-electron chi connectivity index (χ4n) is 2.43. The molecule has 0 aliphatic heterocycles. The van der Waals surface area contributed by atoms with Gasteiger partial charge in [-0.1, -0.05) is 25.7 Å². The van der Waals surface area contributed by atoms with Crippen molar-refractivity contribution in [2.24, 2.45) is 5.41 Å². The summed E-state index contributed by atoms with van der Waals surface area (Å²) in [4.78, 5) is 28.6. The van der Waals surface area contributed by atoms with Gasteiger partial charge in [0.1, 0.15) is 0 Å². The number of hydrogen-bond donors (Lipinski definition) is 2. The minimum Gasteiger partial charge on any atom is -0.481 e. The molecule has 0 atom stereocenters. The van der Waals surface area contributed by atoms with Crippen LogP contribution in [0.5, 0.6) is 0 Å². The summed E-state index contributed by atoms with van der Waals surface area (Å²) in [5.41, 5.74) is 0.976. The zero-order valence-corrected chi connectivity index (χ0v) is 12.1. The van der Waals surface area contributed by atoms with Gasteiger partial charge in [0.05, 0.1) is 11.0 Å². The number of carboxylic acids is 1. The maximum atomic E-state index is 11.9. The number of carbonyl (C=O) groups excluding carboxylic acids is 1. The second-order valence-electron chi connectivity index (χ2n) is 6.42. The lowest BCUT2D eigenvalue weighted by molar-refractivity contribution is -0.158. The molecule has 0 radical (unpaired) electrons. The molecule has 1 aliphatic rings. The van der Waals surface area contributed by atoms with Crippen LogP contribution in [0.25, 0.3) is 0 Å². The molecule has 0 aromatic carbocycles. The van der Waals surface area contributed by atoms with Crippen molar-refractivity contribution in [2.45, 2.75) is 71.3 Å². The van der Waals surface area contributed by atoms with Gasteiger partial charge in [0.2, 0.25) is 5.91 Å². The average molecular weight is 271 g/mol. The van der Waals surface area contributed by atoms with Crippen molar-refractivity contribution >= 4 is 11.9 Å². The summed E-state index contributed by atoms with van der Waals surface area (Å²) in [5, 5.41) is 9.47. The first-order chi connectivity index (χ1) is 8.75. The highest BCUT2D eigenvalue weighted by atomic mass is 16.7. The average Bonchev–Trinajstić information content (AvgIpc) is 2.52. The van der Waals surface area contributed by atoms with Crippen LogP contribution < -0.4 is 5.48 Å². The zero-order chi connectivity index (χ0) is 14.5. The first-order valence-corrected chi connectivity index (χ1v) is 6.95.